The second-order valence-electron chi connectivity index (χ2n) is 6.01. The van der Waals surface area contributed by atoms with Crippen molar-refractivity contribution in [3.63, 3.8) is 0 Å². The molecule has 1 aliphatic rings. The lowest BCUT2D eigenvalue weighted by atomic mass is 10.2. The summed E-state index contributed by atoms with van der Waals surface area (Å²) in [5.74, 6) is 1.16. The molecule has 3 rings (SSSR count). The minimum absolute atomic E-state index is 0.342. The van der Waals surface area contributed by atoms with Crippen molar-refractivity contribution in [2.75, 3.05) is 47.8 Å². The van der Waals surface area contributed by atoms with E-state index in [1.165, 1.54) is 12.1 Å². The zero-order chi connectivity index (χ0) is 17.8. The monoisotopic (exact) mass is 340 g/mol. The van der Waals surface area contributed by atoms with Crippen molar-refractivity contribution in [3.05, 3.63) is 41.3 Å². The lowest BCUT2D eigenvalue weighted by Crippen LogP contribution is -2.47. The highest BCUT2D eigenvalue weighted by Crippen LogP contribution is 2.22. The van der Waals surface area contributed by atoms with Gasteiger partial charge in [0.2, 0.25) is 5.95 Å². The number of hydrogen-bond acceptors (Lipinski definition) is 6. The Morgan fingerprint density at radius 1 is 1.12 bits per heavy atom. The van der Waals surface area contributed by atoms with Crippen LogP contribution in [0.15, 0.2) is 24.3 Å². The van der Waals surface area contributed by atoms with Gasteiger partial charge in [-0.05, 0) is 32.0 Å². The molecule has 1 aliphatic heterocycles. The fourth-order valence-corrected chi connectivity index (χ4v) is 2.95. The van der Waals surface area contributed by atoms with Crippen molar-refractivity contribution >= 4 is 17.5 Å². The molecule has 2 heterocycles. The summed E-state index contributed by atoms with van der Waals surface area (Å²) < 4.78 is 13.7. The Bertz CT molecular complexity index is 793. The molecule has 1 saturated heterocycles. The minimum Gasteiger partial charge on any atom is -0.370 e. The number of piperazine rings is 1. The Hall–Kier alpha value is -2.88. The number of hydrogen-bond donors (Lipinski definition) is 1. The van der Waals surface area contributed by atoms with Crippen LogP contribution >= 0.6 is 0 Å². The van der Waals surface area contributed by atoms with E-state index >= 15 is 0 Å². The van der Waals surface area contributed by atoms with Gasteiger partial charge in [-0.3, -0.25) is 0 Å². The van der Waals surface area contributed by atoms with Gasteiger partial charge >= 0.3 is 0 Å². The van der Waals surface area contributed by atoms with Crippen molar-refractivity contribution in [1.82, 2.24) is 9.97 Å². The summed E-state index contributed by atoms with van der Waals surface area (Å²) >= 11 is 0. The maximum absolute atomic E-state index is 13.7. The number of nitrogens with zero attached hydrogens (tertiary/aromatic N) is 5. The van der Waals surface area contributed by atoms with E-state index in [2.05, 4.69) is 25.1 Å². The molecule has 25 heavy (non-hydrogen) atoms. The first-order chi connectivity index (χ1) is 12.1. The van der Waals surface area contributed by atoms with Crippen LogP contribution in [0.1, 0.15) is 18.2 Å². The van der Waals surface area contributed by atoms with E-state index in [-0.39, 0.29) is 5.82 Å². The molecule has 130 valence electrons. The molecule has 1 fully saturated rings. The quantitative estimate of drug-likeness (QED) is 0.922. The van der Waals surface area contributed by atoms with Gasteiger partial charge in [0.25, 0.3) is 0 Å². The predicted octanol–water partition coefficient (Wildman–Crippen LogP) is 2.55. The van der Waals surface area contributed by atoms with Crippen molar-refractivity contribution in [2.45, 2.75) is 13.8 Å². The van der Waals surface area contributed by atoms with E-state index in [0.29, 0.717) is 11.5 Å². The van der Waals surface area contributed by atoms with Gasteiger partial charge in [-0.2, -0.15) is 10.2 Å². The van der Waals surface area contributed by atoms with Crippen molar-refractivity contribution in [3.8, 4) is 6.07 Å². The van der Waals surface area contributed by atoms with Crippen LogP contribution in [0.4, 0.5) is 21.8 Å². The molecule has 0 unspecified atom stereocenters. The minimum atomic E-state index is -0.381. The van der Waals surface area contributed by atoms with Gasteiger partial charge in [-0.15, -0.1) is 0 Å². The summed E-state index contributed by atoms with van der Waals surface area (Å²) in [6.45, 7) is 7.73. The SMILES string of the molecule is CCNc1cc(C)nc(N2CCN(c3cc(F)cc(C#N)c3)CC2)n1. The van der Waals surface area contributed by atoms with Crippen LogP contribution < -0.4 is 15.1 Å². The Morgan fingerprint density at radius 3 is 2.52 bits per heavy atom. The highest BCUT2D eigenvalue weighted by atomic mass is 19.1. The fraction of sp³-hybridized carbons (Fsp3) is 0.389. The van der Waals surface area contributed by atoms with Crippen LogP contribution in [-0.2, 0) is 0 Å². The highest BCUT2D eigenvalue weighted by molar-refractivity contribution is 5.53. The second-order valence-corrected chi connectivity index (χ2v) is 6.01. The van der Waals surface area contributed by atoms with Crippen LogP contribution in [0.25, 0.3) is 0 Å². The standard InChI is InChI=1S/C18H21FN6/c1-3-21-17-8-13(2)22-18(23-17)25-6-4-24(5-7-25)16-10-14(12-20)9-15(19)11-16/h8-11H,3-7H2,1-2H3,(H,21,22,23). The van der Waals surface area contributed by atoms with Crippen molar-refractivity contribution in [2.24, 2.45) is 0 Å². The Kier molecular flexibility index (Phi) is 4.98. The normalized spacial score (nSPS) is 14.3. The number of nitrogens with one attached hydrogen (secondary N) is 1. The Morgan fingerprint density at radius 2 is 1.84 bits per heavy atom. The van der Waals surface area contributed by atoms with E-state index in [1.54, 1.807) is 6.07 Å². The molecule has 0 atom stereocenters. The summed E-state index contributed by atoms with van der Waals surface area (Å²) in [4.78, 5) is 13.3. The van der Waals surface area contributed by atoms with Gasteiger partial charge in [-0.25, -0.2) is 9.37 Å². The van der Waals surface area contributed by atoms with Crippen LogP contribution in [0, 0.1) is 24.1 Å². The maximum Gasteiger partial charge on any atom is 0.227 e. The number of aryl methyl sites for hydroxylation is 1. The van der Waals surface area contributed by atoms with E-state index in [0.717, 1.165) is 49.9 Å². The maximum atomic E-state index is 13.7. The molecule has 1 aromatic carbocycles. The first-order valence-corrected chi connectivity index (χ1v) is 8.39. The molecule has 2 aromatic rings. The summed E-state index contributed by atoms with van der Waals surface area (Å²) in [7, 11) is 0. The molecule has 0 radical (unpaired) electrons. The molecule has 0 bridgehead atoms. The van der Waals surface area contributed by atoms with E-state index in [4.69, 9.17) is 5.26 Å². The summed E-state index contributed by atoms with van der Waals surface area (Å²) in [5.41, 5.74) is 2.01. The summed E-state index contributed by atoms with van der Waals surface area (Å²) in [6, 6.07) is 8.39. The topological polar surface area (TPSA) is 68.1 Å². The number of nitriles is 1. The molecule has 7 heteroatoms. The zero-order valence-corrected chi connectivity index (χ0v) is 14.5. The van der Waals surface area contributed by atoms with Gasteiger partial charge in [0, 0.05) is 50.2 Å². The van der Waals surface area contributed by atoms with Crippen LogP contribution in [-0.4, -0.2) is 42.7 Å². The summed E-state index contributed by atoms with van der Waals surface area (Å²) in [6.07, 6.45) is 0. The molecule has 0 spiro atoms. The molecule has 1 aromatic heterocycles. The average molecular weight is 340 g/mol. The van der Waals surface area contributed by atoms with Gasteiger partial charge in [0.1, 0.15) is 11.6 Å². The molecule has 1 N–H and O–H groups in total. The fourth-order valence-electron chi connectivity index (χ4n) is 2.95. The third-order valence-electron chi connectivity index (χ3n) is 4.14. The van der Waals surface area contributed by atoms with Gasteiger partial charge in [0.05, 0.1) is 11.6 Å². The molecule has 0 amide bonds. The van der Waals surface area contributed by atoms with Crippen molar-refractivity contribution in [1.29, 1.82) is 5.26 Å². The third-order valence-corrected chi connectivity index (χ3v) is 4.14. The van der Waals surface area contributed by atoms with Gasteiger partial charge in [-0.1, -0.05) is 0 Å². The summed E-state index contributed by atoms with van der Waals surface area (Å²) in [5, 5.41) is 12.2. The predicted molar refractivity (Wildman–Crippen MR) is 96.5 cm³/mol. The van der Waals surface area contributed by atoms with E-state index < -0.39 is 0 Å². The largest absolute Gasteiger partial charge is 0.370 e. The molecule has 0 saturated carbocycles. The number of aromatic nitrogens is 2. The van der Waals surface area contributed by atoms with Gasteiger partial charge < -0.3 is 15.1 Å². The number of benzene rings is 1. The van der Waals surface area contributed by atoms with E-state index in [1.807, 2.05) is 26.0 Å². The number of anilines is 3. The van der Waals surface area contributed by atoms with E-state index in [9.17, 15) is 4.39 Å². The third kappa shape index (κ3) is 3.97. The Labute approximate surface area is 146 Å². The first kappa shape index (κ1) is 17.0. The lowest BCUT2D eigenvalue weighted by molar-refractivity contribution is 0.617. The van der Waals surface area contributed by atoms with Crippen LogP contribution in [0.2, 0.25) is 0 Å². The molecular weight excluding hydrogens is 319 g/mol. The van der Waals surface area contributed by atoms with Crippen LogP contribution in [0.5, 0.6) is 0 Å². The highest BCUT2D eigenvalue weighted by Gasteiger charge is 2.20. The van der Waals surface area contributed by atoms with Crippen LogP contribution in [0.3, 0.4) is 0 Å². The van der Waals surface area contributed by atoms with Crippen molar-refractivity contribution < 1.29 is 4.39 Å². The Balaban J connectivity index is 1.72. The average Bonchev–Trinajstić information content (AvgIpc) is 2.61. The molecular formula is C18H21FN6. The number of rotatable bonds is 4. The molecule has 0 aliphatic carbocycles. The molecule has 6 nitrogen and oxygen atoms in total. The lowest BCUT2D eigenvalue weighted by Gasteiger charge is -2.36. The number of halogens is 1. The second kappa shape index (κ2) is 7.34. The van der Waals surface area contributed by atoms with Gasteiger partial charge in [0.15, 0.2) is 0 Å². The zero-order valence-electron chi connectivity index (χ0n) is 14.5. The first-order valence-electron chi connectivity index (χ1n) is 8.39. The smallest absolute Gasteiger partial charge is 0.227 e.